The van der Waals surface area contributed by atoms with E-state index in [-0.39, 0.29) is 11.8 Å². The molecule has 1 aromatic heterocycles. The fourth-order valence-corrected chi connectivity index (χ4v) is 2.38. The lowest BCUT2D eigenvalue weighted by molar-refractivity contribution is 0.386. The van der Waals surface area contributed by atoms with Crippen LogP contribution >= 0.6 is 11.6 Å². The monoisotopic (exact) mass is 297 g/mol. The minimum absolute atomic E-state index is 0.204. The van der Waals surface area contributed by atoms with Gasteiger partial charge in [0.15, 0.2) is 11.6 Å². The van der Waals surface area contributed by atoms with Crippen molar-refractivity contribution in [2.75, 3.05) is 7.11 Å². The van der Waals surface area contributed by atoms with Crippen LogP contribution in [0.2, 0.25) is 5.02 Å². The third kappa shape index (κ3) is 2.78. The predicted molar refractivity (Wildman–Crippen MR) is 76.5 cm³/mol. The van der Waals surface area contributed by atoms with Crippen molar-refractivity contribution in [3.8, 4) is 5.75 Å². The number of aryl methyl sites for hydroxylation is 2. The van der Waals surface area contributed by atoms with E-state index in [1.54, 1.807) is 16.8 Å². The van der Waals surface area contributed by atoms with Crippen molar-refractivity contribution in [1.29, 1.82) is 0 Å². The highest BCUT2D eigenvalue weighted by atomic mass is 35.5. The fraction of sp³-hybridized carbons (Fsp3) is 0.357. The minimum Gasteiger partial charge on any atom is -0.494 e. The zero-order valence-corrected chi connectivity index (χ0v) is 12.4. The molecule has 4 nitrogen and oxygen atoms in total. The summed E-state index contributed by atoms with van der Waals surface area (Å²) >= 11 is 6.19. The standard InChI is InChI=1S/C14H17ClFN3O/c1-8-14(15)12(19(2)18-8)7-11(17)9-4-5-13(20-3)10(16)6-9/h4-6,11H,7,17H2,1-3H3. The van der Waals surface area contributed by atoms with E-state index < -0.39 is 5.82 Å². The number of ether oxygens (including phenoxy) is 1. The van der Waals surface area contributed by atoms with Gasteiger partial charge in [0.1, 0.15) is 0 Å². The van der Waals surface area contributed by atoms with E-state index in [0.29, 0.717) is 17.0 Å². The first-order valence-corrected chi connectivity index (χ1v) is 6.58. The Labute approximate surface area is 122 Å². The molecule has 0 amide bonds. The van der Waals surface area contributed by atoms with Gasteiger partial charge in [0.05, 0.1) is 23.5 Å². The van der Waals surface area contributed by atoms with Gasteiger partial charge in [-0.3, -0.25) is 4.68 Å². The van der Waals surface area contributed by atoms with E-state index in [2.05, 4.69) is 5.10 Å². The van der Waals surface area contributed by atoms with E-state index >= 15 is 0 Å². The van der Waals surface area contributed by atoms with Crippen LogP contribution in [0.4, 0.5) is 4.39 Å². The van der Waals surface area contributed by atoms with Crippen LogP contribution in [0, 0.1) is 12.7 Å². The molecule has 1 heterocycles. The zero-order chi connectivity index (χ0) is 14.9. The maximum absolute atomic E-state index is 13.7. The summed E-state index contributed by atoms with van der Waals surface area (Å²) in [4.78, 5) is 0. The van der Waals surface area contributed by atoms with Gasteiger partial charge in [0.2, 0.25) is 0 Å². The molecule has 2 rings (SSSR count). The number of methoxy groups -OCH3 is 1. The molecule has 20 heavy (non-hydrogen) atoms. The summed E-state index contributed by atoms with van der Waals surface area (Å²) in [6, 6.07) is 4.35. The minimum atomic E-state index is -0.423. The van der Waals surface area contributed by atoms with Crippen LogP contribution in [-0.4, -0.2) is 16.9 Å². The molecule has 0 bridgehead atoms. The Kier molecular flexibility index (Phi) is 4.30. The van der Waals surface area contributed by atoms with Crippen molar-refractivity contribution in [2.24, 2.45) is 12.8 Å². The lowest BCUT2D eigenvalue weighted by Crippen LogP contribution is -2.16. The highest BCUT2D eigenvalue weighted by Crippen LogP contribution is 2.26. The molecular weight excluding hydrogens is 281 g/mol. The second-order valence-electron chi connectivity index (χ2n) is 4.67. The summed E-state index contributed by atoms with van der Waals surface area (Å²) in [5, 5.41) is 4.85. The quantitative estimate of drug-likeness (QED) is 0.944. The number of benzene rings is 1. The van der Waals surface area contributed by atoms with Crippen molar-refractivity contribution in [3.63, 3.8) is 0 Å². The molecule has 2 aromatic rings. The number of nitrogens with two attached hydrogens (primary N) is 1. The number of rotatable bonds is 4. The highest BCUT2D eigenvalue weighted by Gasteiger charge is 2.17. The van der Waals surface area contributed by atoms with Gasteiger partial charge in [-0.2, -0.15) is 5.10 Å². The summed E-state index contributed by atoms with van der Waals surface area (Å²) < 4.78 is 20.3. The summed E-state index contributed by atoms with van der Waals surface area (Å²) in [7, 11) is 3.24. The molecule has 0 aliphatic rings. The van der Waals surface area contributed by atoms with Crippen molar-refractivity contribution in [2.45, 2.75) is 19.4 Å². The van der Waals surface area contributed by atoms with Crippen LogP contribution in [0.15, 0.2) is 18.2 Å². The average molecular weight is 298 g/mol. The third-order valence-electron chi connectivity index (χ3n) is 3.28. The predicted octanol–water partition coefficient (Wildman–Crippen LogP) is 2.77. The smallest absolute Gasteiger partial charge is 0.165 e. The van der Waals surface area contributed by atoms with E-state index in [0.717, 1.165) is 11.4 Å². The SMILES string of the molecule is COc1ccc(C(N)Cc2c(Cl)c(C)nn2C)cc1F. The Bertz CT molecular complexity index is 627. The molecule has 1 atom stereocenters. The normalized spacial score (nSPS) is 12.5. The first-order chi connectivity index (χ1) is 9.43. The van der Waals surface area contributed by atoms with Crippen LogP contribution in [0.25, 0.3) is 0 Å². The second kappa shape index (κ2) is 5.81. The Hall–Kier alpha value is -1.59. The van der Waals surface area contributed by atoms with Crippen LogP contribution in [0.1, 0.15) is 23.0 Å². The maximum Gasteiger partial charge on any atom is 0.165 e. The van der Waals surface area contributed by atoms with Gasteiger partial charge < -0.3 is 10.5 Å². The lowest BCUT2D eigenvalue weighted by Gasteiger charge is -2.13. The van der Waals surface area contributed by atoms with Gasteiger partial charge in [-0.05, 0) is 24.6 Å². The van der Waals surface area contributed by atoms with Crippen LogP contribution < -0.4 is 10.5 Å². The average Bonchev–Trinajstić information content (AvgIpc) is 2.65. The van der Waals surface area contributed by atoms with Gasteiger partial charge in [-0.1, -0.05) is 17.7 Å². The topological polar surface area (TPSA) is 53.1 Å². The third-order valence-corrected chi connectivity index (χ3v) is 3.77. The first-order valence-electron chi connectivity index (χ1n) is 6.21. The highest BCUT2D eigenvalue weighted by molar-refractivity contribution is 6.31. The van der Waals surface area contributed by atoms with E-state index in [4.69, 9.17) is 22.1 Å². The largest absolute Gasteiger partial charge is 0.494 e. The van der Waals surface area contributed by atoms with Crippen molar-refractivity contribution >= 4 is 11.6 Å². The second-order valence-corrected chi connectivity index (χ2v) is 5.05. The maximum atomic E-state index is 13.7. The summed E-state index contributed by atoms with van der Waals surface area (Å²) in [6.07, 6.45) is 0.488. The fourth-order valence-electron chi connectivity index (χ4n) is 2.14. The molecule has 2 N–H and O–H groups in total. The number of halogens is 2. The molecule has 0 spiro atoms. The van der Waals surface area contributed by atoms with Gasteiger partial charge in [0.25, 0.3) is 0 Å². The lowest BCUT2D eigenvalue weighted by atomic mass is 10.0. The number of hydrogen-bond acceptors (Lipinski definition) is 3. The molecule has 0 saturated carbocycles. The number of aromatic nitrogens is 2. The molecule has 0 aliphatic carbocycles. The van der Waals surface area contributed by atoms with E-state index in [1.165, 1.54) is 13.2 Å². The van der Waals surface area contributed by atoms with Crippen molar-refractivity contribution in [1.82, 2.24) is 9.78 Å². The molecule has 0 fully saturated rings. The van der Waals surface area contributed by atoms with Crippen molar-refractivity contribution in [3.05, 3.63) is 46.0 Å². The molecule has 0 saturated heterocycles. The Morgan fingerprint density at radius 3 is 2.70 bits per heavy atom. The van der Waals surface area contributed by atoms with Crippen LogP contribution in [-0.2, 0) is 13.5 Å². The van der Waals surface area contributed by atoms with Gasteiger partial charge in [0, 0.05) is 19.5 Å². The van der Waals surface area contributed by atoms with Crippen LogP contribution in [0.5, 0.6) is 5.75 Å². The van der Waals surface area contributed by atoms with Crippen LogP contribution in [0.3, 0.4) is 0 Å². The molecular formula is C14H17ClFN3O. The molecule has 108 valence electrons. The van der Waals surface area contributed by atoms with Gasteiger partial charge in [-0.15, -0.1) is 0 Å². The molecule has 0 aliphatic heterocycles. The van der Waals surface area contributed by atoms with Gasteiger partial charge >= 0.3 is 0 Å². The summed E-state index contributed by atoms with van der Waals surface area (Å²) in [6.45, 7) is 1.84. The zero-order valence-electron chi connectivity index (χ0n) is 11.7. The Morgan fingerprint density at radius 2 is 2.20 bits per heavy atom. The van der Waals surface area contributed by atoms with E-state index in [1.807, 2.05) is 14.0 Å². The summed E-state index contributed by atoms with van der Waals surface area (Å²) in [5.74, 6) is -0.219. The molecule has 1 aromatic carbocycles. The Balaban J connectivity index is 2.23. The molecule has 1 unspecified atom stereocenters. The molecule has 0 radical (unpaired) electrons. The number of hydrogen-bond donors (Lipinski definition) is 1. The van der Waals surface area contributed by atoms with Crippen molar-refractivity contribution < 1.29 is 9.13 Å². The van der Waals surface area contributed by atoms with Gasteiger partial charge in [-0.25, -0.2) is 4.39 Å². The molecule has 6 heteroatoms. The number of nitrogens with zero attached hydrogens (tertiary/aromatic N) is 2. The first kappa shape index (κ1) is 14.8. The van der Waals surface area contributed by atoms with E-state index in [9.17, 15) is 4.39 Å². The summed E-state index contributed by atoms with van der Waals surface area (Å²) in [5.41, 5.74) is 8.42. The Morgan fingerprint density at radius 1 is 1.50 bits per heavy atom.